The summed E-state index contributed by atoms with van der Waals surface area (Å²) >= 11 is 0. The first-order valence-electron chi connectivity index (χ1n) is 15.9. The van der Waals surface area contributed by atoms with Gasteiger partial charge in [-0.3, -0.25) is 9.59 Å². The number of terminal acetylenes is 1. The van der Waals surface area contributed by atoms with E-state index < -0.39 is 49.5 Å². The number of aliphatic hydroxyl groups is 4. The lowest BCUT2D eigenvalue weighted by molar-refractivity contribution is -0.277. The zero-order valence-corrected chi connectivity index (χ0v) is 27.5. The molecule has 0 aliphatic carbocycles. The molecule has 14 heteroatoms. The molecule has 1 heterocycles. The molecule has 14 nitrogen and oxygen atoms in total. The zero-order valence-electron chi connectivity index (χ0n) is 27.5. The van der Waals surface area contributed by atoms with Gasteiger partial charge >= 0.3 is 0 Å². The number of ether oxygens (including phenoxy) is 4. The largest absolute Gasteiger partial charge is 0.462 e. The molecule has 6 atom stereocenters. The van der Waals surface area contributed by atoms with Gasteiger partial charge in [-0.25, -0.2) is 5.43 Å². The van der Waals surface area contributed by atoms with Gasteiger partial charge in [0.15, 0.2) is 0 Å². The average Bonchev–Trinajstić information content (AvgIpc) is 3.18. The van der Waals surface area contributed by atoms with Crippen LogP contribution >= 0.6 is 0 Å². The summed E-state index contributed by atoms with van der Waals surface area (Å²) in [4.78, 5) is 25.0. The van der Waals surface area contributed by atoms with Crippen LogP contribution in [0.3, 0.4) is 0 Å². The maximum atomic E-state index is 12.7. The Morgan fingerprint density at radius 2 is 1.37 bits per heavy atom. The fourth-order valence-electron chi connectivity index (χ4n) is 4.92. The van der Waals surface area contributed by atoms with Crippen molar-refractivity contribution >= 4 is 24.2 Å². The Morgan fingerprint density at radius 3 is 1.94 bits per heavy atom. The van der Waals surface area contributed by atoms with E-state index in [1.54, 1.807) is 72.8 Å². The van der Waals surface area contributed by atoms with Crippen LogP contribution < -0.4 is 25.0 Å². The summed E-state index contributed by atoms with van der Waals surface area (Å²) in [5.74, 6) is 2.72. The Labute approximate surface area is 298 Å². The van der Waals surface area contributed by atoms with E-state index in [1.807, 2.05) is 0 Å². The number of nitrogens with zero attached hydrogens (tertiary/aromatic N) is 1. The Morgan fingerprint density at radius 1 is 0.808 bits per heavy atom. The number of carbonyl (C=O) groups excluding carboxylic acids is 2. The molecule has 4 aromatic rings. The van der Waals surface area contributed by atoms with Gasteiger partial charge in [0.2, 0.25) is 6.29 Å². The predicted octanol–water partition coefficient (Wildman–Crippen LogP) is 2.15. The minimum Gasteiger partial charge on any atom is -0.462 e. The van der Waals surface area contributed by atoms with Crippen molar-refractivity contribution in [2.75, 3.05) is 13.2 Å². The van der Waals surface area contributed by atoms with Gasteiger partial charge in [-0.15, -0.1) is 6.42 Å². The van der Waals surface area contributed by atoms with Crippen LogP contribution in [0, 0.1) is 17.8 Å². The van der Waals surface area contributed by atoms with Crippen LogP contribution in [-0.4, -0.2) is 88.5 Å². The highest BCUT2D eigenvalue weighted by molar-refractivity contribution is 5.95. The molecule has 0 spiro atoms. The number of nitrogens with one attached hydrogen (secondary N) is 3. The average molecular weight is 709 g/mol. The summed E-state index contributed by atoms with van der Waals surface area (Å²) in [5.41, 5.74) is 5.10. The van der Waals surface area contributed by atoms with E-state index >= 15 is 0 Å². The van der Waals surface area contributed by atoms with Gasteiger partial charge in [0.1, 0.15) is 41.7 Å². The van der Waals surface area contributed by atoms with E-state index in [4.69, 9.17) is 30.8 Å². The second-order valence-electron chi connectivity index (χ2n) is 11.4. The third-order valence-corrected chi connectivity index (χ3v) is 7.81. The normalized spacial score (nSPS) is 20.2. The minimum absolute atomic E-state index is 0.108. The molecule has 1 saturated heterocycles. The molecule has 0 bridgehead atoms. The molecular formula is C38H36N4O10. The molecule has 52 heavy (non-hydrogen) atoms. The van der Waals surface area contributed by atoms with Crippen molar-refractivity contribution in [2.24, 2.45) is 5.10 Å². The van der Waals surface area contributed by atoms with Gasteiger partial charge < -0.3 is 50.1 Å². The van der Waals surface area contributed by atoms with Gasteiger partial charge in [0, 0.05) is 22.9 Å². The molecular weight excluding hydrogens is 672 g/mol. The maximum absolute atomic E-state index is 12.7. The first-order valence-corrected chi connectivity index (χ1v) is 15.9. The summed E-state index contributed by atoms with van der Waals surface area (Å²) < 4.78 is 23.2. The molecule has 7 N–H and O–H groups in total. The van der Waals surface area contributed by atoms with Gasteiger partial charge in [-0.05, 0) is 96.1 Å². The fourth-order valence-corrected chi connectivity index (χ4v) is 4.92. The number of carbonyl (C=O) groups is 2. The van der Waals surface area contributed by atoms with Crippen molar-refractivity contribution in [1.82, 2.24) is 10.7 Å². The monoisotopic (exact) mass is 708 g/mol. The number of hydrogen-bond acceptors (Lipinski definition) is 12. The number of amides is 2. The number of rotatable bonds is 14. The predicted molar refractivity (Wildman–Crippen MR) is 188 cm³/mol. The summed E-state index contributed by atoms with van der Waals surface area (Å²) in [6, 6.07) is 26.3. The zero-order chi connectivity index (χ0) is 37.0. The second-order valence-corrected chi connectivity index (χ2v) is 11.4. The van der Waals surface area contributed by atoms with E-state index in [9.17, 15) is 30.0 Å². The third kappa shape index (κ3) is 9.58. The minimum atomic E-state index is -1.58. The quantitative estimate of drug-likeness (QED) is 0.0439. The lowest BCUT2D eigenvalue weighted by atomic mass is 9.99. The molecule has 5 rings (SSSR count). The molecule has 1 aliphatic heterocycles. The van der Waals surface area contributed by atoms with Crippen LogP contribution in [-0.2, 0) is 4.74 Å². The molecule has 268 valence electrons. The van der Waals surface area contributed by atoms with Gasteiger partial charge in [0.25, 0.3) is 18.1 Å². The SMILES string of the molecule is C#CCNC(=O)c1ccc(C(Oc2ccc(C=N)cc2)Oc2ccc(/C=N/NC(=O)c3ccc(O[C@@H]4OC(CO)[C@H](O)C(O)C4O)cc3)cc2)cc1. The van der Waals surface area contributed by atoms with Gasteiger partial charge in [-0.1, -0.05) is 18.1 Å². The summed E-state index contributed by atoms with van der Waals surface area (Å²) in [6.45, 7) is -0.480. The number of benzene rings is 4. The second kappa shape index (κ2) is 17.7. The Hall–Kier alpha value is -6.08. The smallest absolute Gasteiger partial charge is 0.271 e. The number of hydrazone groups is 1. The lowest BCUT2D eigenvalue weighted by Gasteiger charge is -2.39. The Bertz CT molecular complexity index is 1880. The van der Waals surface area contributed by atoms with Crippen LogP contribution in [0.5, 0.6) is 17.2 Å². The van der Waals surface area contributed by atoms with Crippen LogP contribution in [0.4, 0.5) is 0 Å². The van der Waals surface area contributed by atoms with Crippen molar-refractivity contribution in [1.29, 1.82) is 5.41 Å². The molecule has 2 amide bonds. The van der Waals surface area contributed by atoms with Gasteiger partial charge in [-0.2, -0.15) is 5.10 Å². The van der Waals surface area contributed by atoms with E-state index in [0.29, 0.717) is 33.8 Å². The molecule has 4 aromatic carbocycles. The number of hydrogen-bond donors (Lipinski definition) is 7. The van der Waals surface area contributed by atoms with Crippen LogP contribution in [0.2, 0.25) is 0 Å². The lowest BCUT2D eigenvalue weighted by Crippen LogP contribution is -2.60. The highest BCUT2D eigenvalue weighted by Gasteiger charge is 2.44. The highest BCUT2D eigenvalue weighted by atomic mass is 16.7. The van der Waals surface area contributed by atoms with Crippen LogP contribution in [0.25, 0.3) is 0 Å². The molecule has 0 radical (unpaired) electrons. The van der Waals surface area contributed by atoms with Crippen molar-refractivity contribution < 1.29 is 49.0 Å². The number of aliphatic hydroxyl groups excluding tert-OH is 4. The van der Waals surface area contributed by atoms with E-state index in [-0.39, 0.29) is 23.8 Å². The molecule has 4 unspecified atom stereocenters. The molecule has 1 fully saturated rings. The van der Waals surface area contributed by atoms with Crippen molar-refractivity contribution in [3.05, 3.63) is 125 Å². The summed E-state index contributed by atoms with van der Waals surface area (Å²) in [5, 5.41) is 53.5. The summed E-state index contributed by atoms with van der Waals surface area (Å²) in [7, 11) is 0. The first kappa shape index (κ1) is 37.2. The Kier molecular flexibility index (Phi) is 12.7. The maximum Gasteiger partial charge on any atom is 0.271 e. The van der Waals surface area contributed by atoms with E-state index in [2.05, 4.69) is 21.8 Å². The molecule has 0 saturated carbocycles. The molecule has 0 aromatic heterocycles. The molecule has 1 aliphatic rings. The first-order chi connectivity index (χ1) is 25.2. The van der Waals surface area contributed by atoms with Crippen LogP contribution in [0.1, 0.15) is 43.7 Å². The van der Waals surface area contributed by atoms with Gasteiger partial charge in [0.05, 0.1) is 19.4 Å². The topological polar surface area (TPSA) is 212 Å². The fraction of sp³-hybridized carbons (Fsp3) is 0.211. The van der Waals surface area contributed by atoms with Crippen molar-refractivity contribution in [2.45, 2.75) is 37.0 Å². The van der Waals surface area contributed by atoms with Crippen molar-refractivity contribution in [3.63, 3.8) is 0 Å². The van der Waals surface area contributed by atoms with E-state index in [0.717, 1.165) is 0 Å². The standard InChI is InChI=1S/C38H36N4O10/c1-2-19-40-35(47)25-7-9-27(10-8-25)37(49-28-13-3-23(20-39)4-14-28)50-29-15-5-24(6-16-29)21-41-42-36(48)26-11-17-30(18-12-26)51-38-34(46)33(45)32(44)31(22-43)52-38/h1,3-18,20-21,31-34,37-39,43-46H,19,22H2,(H,40,47)(H,42,48)/b39-20?,41-21+/t31?,32-,33?,34?,37?,38+/m0/s1. The summed E-state index contributed by atoms with van der Waals surface area (Å²) in [6.07, 6.45) is -0.130. The van der Waals surface area contributed by atoms with Crippen molar-refractivity contribution in [3.8, 4) is 29.6 Å². The Balaban J connectivity index is 1.19. The van der Waals surface area contributed by atoms with E-state index in [1.165, 1.54) is 36.7 Å². The van der Waals surface area contributed by atoms with Crippen LogP contribution in [0.15, 0.2) is 102 Å². The third-order valence-electron chi connectivity index (χ3n) is 7.81. The highest BCUT2D eigenvalue weighted by Crippen LogP contribution is 2.27.